The zero-order chi connectivity index (χ0) is 16.2. The van der Waals surface area contributed by atoms with Gasteiger partial charge in [-0.1, -0.05) is 17.7 Å². The van der Waals surface area contributed by atoms with Crippen molar-refractivity contribution in [1.82, 2.24) is 9.88 Å². The largest absolute Gasteiger partial charge is 0.472 e. The van der Waals surface area contributed by atoms with Gasteiger partial charge in [-0.25, -0.2) is 4.98 Å². The molecule has 23 heavy (non-hydrogen) atoms. The fourth-order valence-electron chi connectivity index (χ4n) is 2.53. The number of rotatable bonds is 3. The van der Waals surface area contributed by atoms with E-state index in [4.69, 9.17) is 21.6 Å². The molecule has 0 bridgehead atoms. The molecule has 3 rings (SSSR count). The van der Waals surface area contributed by atoms with E-state index in [2.05, 4.69) is 4.98 Å². The average Bonchev–Trinajstić information content (AvgIpc) is 3.03. The summed E-state index contributed by atoms with van der Waals surface area (Å²) in [5, 5.41) is 9.43. The Morgan fingerprint density at radius 1 is 1.39 bits per heavy atom. The number of ether oxygens (including phenoxy) is 1. The summed E-state index contributed by atoms with van der Waals surface area (Å²) in [7, 11) is 0. The number of nitriles is 1. The van der Waals surface area contributed by atoms with Gasteiger partial charge in [0.25, 0.3) is 5.91 Å². The minimum absolute atomic E-state index is 0.0580. The molecule has 1 unspecified atom stereocenters. The Balaban J connectivity index is 1.64. The van der Waals surface area contributed by atoms with Crippen LogP contribution in [-0.4, -0.2) is 35.0 Å². The second-order valence-electron chi connectivity index (χ2n) is 5.28. The Morgan fingerprint density at radius 2 is 2.26 bits per heavy atom. The number of carbonyl (C=O) groups is 1. The van der Waals surface area contributed by atoms with E-state index < -0.39 is 0 Å². The molecule has 5 nitrogen and oxygen atoms in total. The third-order valence-corrected chi connectivity index (χ3v) is 3.89. The quantitative estimate of drug-likeness (QED) is 0.869. The Bertz CT molecular complexity index is 772. The molecule has 0 aliphatic carbocycles. The van der Waals surface area contributed by atoms with Crippen LogP contribution in [0.15, 0.2) is 42.6 Å². The second kappa shape index (κ2) is 6.67. The monoisotopic (exact) mass is 327 g/mol. The standard InChI is InChI=1S/C17H14ClN3O2/c18-14-3-1-2-13(9-14)17(22)21-7-5-15(11-21)23-16-8-12(10-19)4-6-20-16/h1-4,6,8-9,15H,5,7,11H2. The molecule has 1 saturated heterocycles. The maximum Gasteiger partial charge on any atom is 0.254 e. The van der Waals surface area contributed by atoms with Gasteiger partial charge in [-0.15, -0.1) is 0 Å². The number of carbonyl (C=O) groups excluding carboxylic acids is 1. The lowest BCUT2D eigenvalue weighted by molar-refractivity contribution is 0.0771. The molecule has 116 valence electrons. The summed E-state index contributed by atoms with van der Waals surface area (Å²) in [4.78, 5) is 18.3. The number of hydrogen-bond acceptors (Lipinski definition) is 4. The van der Waals surface area contributed by atoms with Gasteiger partial charge >= 0.3 is 0 Å². The van der Waals surface area contributed by atoms with Crippen LogP contribution in [0, 0.1) is 11.3 Å². The summed E-state index contributed by atoms with van der Waals surface area (Å²) in [6, 6.07) is 12.2. The van der Waals surface area contributed by atoms with E-state index in [1.54, 1.807) is 41.3 Å². The number of pyridine rings is 1. The SMILES string of the molecule is N#Cc1ccnc(OC2CCN(C(=O)c3cccc(Cl)c3)C2)c1. The third-order valence-electron chi connectivity index (χ3n) is 3.66. The fourth-order valence-corrected chi connectivity index (χ4v) is 2.72. The van der Waals surface area contributed by atoms with Crippen LogP contribution in [-0.2, 0) is 0 Å². The molecule has 0 saturated carbocycles. The van der Waals surface area contributed by atoms with Crippen molar-refractivity contribution >= 4 is 17.5 Å². The first kappa shape index (κ1) is 15.3. The number of hydrogen-bond donors (Lipinski definition) is 0. The van der Waals surface area contributed by atoms with E-state index in [-0.39, 0.29) is 12.0 Å². The smallest absolute Gasteiger partial charge is 0.254 e. The molecule has 6 heteroatoms. The number of aromatic nitrogens is 1. The van der Waals surface area contributed by atoms with Crippen LogP contribution in [0.25, 0.3) is 0 Å². The minimum Gasteiger partial charge on any atom is -0.472 e. The highest BCUT2D eigenvalue weighted by atomic mass is 35.5. The molecule has 1 amide bonds. The number of nitrogens with zero attached hydrogens (tertiary/aromatic N) is 3. The number of likely N-dealkylation sites (tertiary alicyclic amines) is 1. The van der Waals surface area contributed by atoms with Crippen molar-refractivity contribution in [2.75, 3.05) is 13.1 Å². The number of benzene rings is 1. The van der Waals surface area contributed by atoms with Gasteiger partial charge in [-0.2, -0.15) is 5.26 Å². The summed E-state index contributed by atoms with van der Waals surface area (Å²) in [6.07, 6.45) is 2.14. The van der Waals surface area contributed by atoms with Gasteiger partial charge in [0.2, 0.25) is 5.88 Å². The molecule has 2 aromatic rings. The lowest BCUT2D eigenvalue weighted by atomic mass is 10.2. The first-order chi connectivity index (χ1) is 11.2. The minimum atomic E-state index is -0.125. The Hall–Kier alpha value is -2.58. The number of halogens is 1. The van der Waals surface area contributed by atoms with E-state index >= 15 is 0 Å². The summed E-state index contributed by atoms with van der Waals surface area (Å²) in [5.41, 5.74) is 1.07. The van der Waals surface area contributed by atoms with Crippen molar-refractivity contribution in [2.45, 2.75) is 12.5 Å². The molecule has 0 spiro atoms. The topological polar surface area (TPSA) is 66.2 Å². The van der Waals surface area contributed by atoms with Gasteiger partial charge in [0.15, 0.2) is 0 Å². The summed E-state index contributed by atoms with van der Waals surface area (Å²) in [6.45, 7) is 1.11. The van der Waals surface area contributed by atoms with Gasteiger partial charge < -0.3 is 9.64 Å². The van der Waals surface area contributed by atoms with Gasteiger partial charge in [-0.05, 0) is 24.3 Å². The van der Waals surface area contributed by atoms with Crippen molar-refractivity contribution in [2.24, 2.45) is 0 Å². The Labute approximate surface area is 139 Å². The van der Waals surface area contributed by atoms with Crippen molar-refractivity contribution < 1.29 is 9.53 Å². The van der Waals surface area contributed by atoms with Gasteiger partial charge in [0.1, 0.15) is 6.10 Å². The molecule has 0 N–H and O–H groups in total. The van der Waals surface area contributed by atoms with E-state index in [0.29, 0.717) is 35.1 Å². The van der Waals surface area contributed by atoms with Crippen LogP contribution in [0.3, 0.4) is 0 Å². The molecule has 1 aliphatic rings. The number of amides is 1. The van der Waals surface area contributed by atoms with E-state index in [1.807, 2.05) is 6.07 Å². The highest BCUT2D eigenvalue weighted by Gasteiger charge is 2.28. The van der Waals surface area contributed by atoms with Crippen LogP contribution in [0.1, 0.15) is 22.3 Å². The normalized spacial score (nSPS) is 16.9. The third kappa shape index (κ3) is 3.61. The molecule has 1 fully saturated rings. The maximum absolute atomic E-state index is 12.5. The molecule has 1 aromatic carbocycles. The second-order valence-corrected chi connectivity index (χ2v) is 5.72. The van der Waals surface area contributed by atoms with E-state index in [0.717, 1.165) is 6.42 Å². The van der Waals surface area contributed by atoms with Crippen molar-refractivity contribution in [3.8, 4) is 11.9 Å². The average molecular weight is 328 g/mol. The van der Waals surface area contributed by atoms with Gasteiger partial charge in [-0.3, -0.25) is 4.79 Å². The van der Waals surface area contributed by atoms with Crippen molar-refractivity contribution in [3.63, 3.8) is 0 Å². The Kier molecular flexibility index (Phi) is 4.45. The lowest BCUT2D eigenvalue weighted by Crippen LogP contribution is -2.31. The predicted octanol–water partition coefficient (Wildman–Crippen LogP) is 2.90. The highest BCUT2D eigenvalue weighted by Crippen LogP contribution is 2.20. The predicted molar refractivity (Wildman–Crippen MR) is 85.3 cm³/mol. The molecular weight excluding hydrogens is 314 g/mol. The van der Waals surface area contributed by atoms with Crippen LogP contribution in [0.5, 0.6) is 5.88 Å². The van der Waals surface area contributed by atoms with E-state index in [9.17, 15) is 4.79 Å². The molecule has 1 atom stereocenters. The first-order valence-corrected chi connectivity index (χ1v) is 7.61. The fraction of sp³-hybridized carbons (Fsp3) is 0.235. The first-order valence-electron chi connectivity index (χ1n) is 7.23. The van der Waals surface area contributed by atoms with Crippen molar-refractivity contribution in [3.05, 3.63) is 58.7 Å². The van der Waals surface area contributed by atoms with E-state index in [1.165, 1.54) is 6.20 Å². The molecule has 2 heterocycles. The van der Waals surface area contributed by atoms with Crippen molar-refractivity contribution in [1.29, 1.82) is 5.26 Å². The van der Waals surface area contributed by atoms with Gasteiger partial charge in [0.05, 0.1) is 18.2 Å². The van der Waals surface area contributed by atoms with Gasteiger partial charge in [0, 0.05) is 35.8 Å². The van der Waals surface area contributed by atoms with Crippen LogP contribution < -0.4 is 4.74 Å². The maximum atomic E-state index is 12.5. The van der Waals surface area contributed by atoms with Crippen LogP contribution >= 0.6 is 11.6 Å². The molecule has 1 aromatic heterocycles. The molecular formula is C17H14ClN3O2. The zero-order valence-corrected chi connectivity index (χ0v) is 13.0. The summed E-state index contributed by atoms with van der Waals surface area (Å²) < 4.78 is 5.78. The molecule has 0 radical (unpaired) electrons. The van der Waals surface area contributed by atoms with Crippen LogP contribution in [0.4, 0.5) is 0 Å². The summed E-state index contributed by atoms with van der Waals surface area (Å²) >= 11 is 5.93. The van der Waals surface area contributed by atoms with Crippen LogP contribution in [0.2, 0.25) is 5.02 Å². The highest BCUT2D eigenvalue weighted by molar-refractivity contribution is 6.30. The zero-order valence-electron chi connectivity index (χ0n) is 12.3. The Morgan fingerprint density at radius 3 is 3.04 bits per heavy atom. The molecule has 1 aliphatic heterocycles. The summed E-state index contributed by atoms with van der Waals surface area (Å²) in [5.74, 6) is 0.350. The lowest BCUT2D eigenvalue weighted by Gasteiger charge is -2.17.